The molecule has 0 spiro atoms. The van der Waals surface area contributed by atoms with E-state index in [4.69, 9.17) is 0 Å². The maximum absolute atomic E-state index is 13.6. The van der Waals surface area contributed by atoms with Crippen molar-refractivity contribution >= 4 is 27.1 Å². The predicted octanol–water partition coefficient (Wildman–Crippen LogP) is 5.33. The molecule has 0 aliphatic carbocycles. The highest BCUT2D eigenvalue weighted by Gasteiger charge is 2.27. The number of hydrogen-bond donors (Lipinski definition) is 0. The van der Waals surface area contributed by atoms with Crippen molar-refractivity contribution in [2.45, 2.75) is 50.8 Å². The van der Waals surface area contributed by atoms with Crippen LogP contribution in [0.2, 0.25) is 0 Å². The maximum atomic E-state index is 13.6. The number of imidazole rings is 1. The van der Waals surface area contributed by atoms with Crippen LogP contribution >= 0.6 is 11.3 Å². The number of amides is 1. The molecule has 4 rings (SSSR count). The van der Waals surface area contributed by atoms with Crippen molar-refractivity contribution in [2.75, 3.05) is 0 Å². The fourth-order valence-electron chi connectivity index (χ4n) is 3.95. The molecular weight excluding hydrogens is 478 g/mol. The smallest absolute Gasteiger partial charge is 0.264 e. The summed E-state index contributed by atoms with van der Waals surface area (Å²) in [5, 5.41) is 1.90. The molecule has 0 aliphatic heterocycles. The van der Waals surface area contributed by atoms with Crippen LogP contribution in [0.25, 0.3) is 0 Å². The molecular formula is C27H29N3O3S2. The monoisotopic (exact) mass is 507 g/mol. The van der Waals surface area contributed by atoms with Crippen LogP contribution in [0.3, 0.4) is 0 Å². The minimum Gasteiger partial charge on any atom is -0.330 e. The largest absolute Gasteiger partial charge is 0.330 e. The molecule has 2 aromatic carbocycles. The number of hydrogen-bond acceptors (Lipinski definition) is 5. The molecule has 6 nitrogen and oxygen atoms in total. The summed E-state index contributed by atoms with van der Waals surface area (Å²) >= 11 is 1.40. The highest BCUT2D eigenvalue weighted by molar-refractivity contribution is 7.90. The molecule has 182 valence electrons. The molecule has 2 aromatic heterocycles. The number of nitrogens with zero attached hydrogens (tertiary/aromatic N) is 3. The second-order valence-electron chi connectivity index (χ2n) is 8.79. The zero-order valence-corrected chi connectivity index (χ0v) is 21.7. The van der Waals surface area contributed by atoms with E-state index in [-0.39, 0.29) is 29.4 Å². The normalized spacial score (nSPS) is 11.7. The molecule has 35 heavy (non-hydrogen) atoms. The van der Waals surface area contributed by atoms with Crippen molar-refractivity contribution in [3.63, 3.8) is 0 Å². The summed E-state index contributed by atoms with van der Waals surface area (Å²) in [5.41, 5.74) is 3.31. The lowest BCUT2D eigenvalue weighted by Crippen LogP contribution is -2.36. The molecule has 0 bridgehead atoms. The third-order valence-electron chi connectivity index (χ3n) is 5.92. The van der Waals surface area contributed by atoms with Gasteiger partial charge in [0.15, 0.2) is 0 Å². The van der Waals surface area contributed by atoms with Crippen LogP contribution in [0, 0.1) is 6.92 Å². The minimum absolute atomic E-state index is 0.0203. The van der Waals surface area contributed by atoms with E-state index >= 15 is 0 Å². The van der Waals surface area contributed by atoms with Crippen molar-refractivity contribution in [1.82, 2.24) is 14.5 Å². The summed E-state index contributed by atoms with van der Waals surface area (Å²) in [6, 6.07) is 20.8. The van der Waals surface area contributed by atoms with Gasteiger partial charge in [-0.15, -0.1) is 11.3 Å². The van der Waals surface area contributed by atoms with Crippen molar-refractivity contribution in [1.29, 1.82) is 0 Å². The van der Waals surface area contributed by atoms with Crippen LogP contribution in [-0.2, 0) is 28.7 Å². The Bertz CT molecular complexity index is 1390. The molecule has 2 heterocycles. The second-order valence-corrected chi connectivity index (χ2v) is 11.6. The van der Waals surface area contributed by atoms with Gasteiger partial charge in [-0.2, -0.15) is 0 Å². The molecule has 0 unspecified atom stereocenters. The number of rotatable bonds is 9. The number of thiophene rings is 1. The van der Waals surface area contributed by atoms with E-state index in [9.17, 15) is 13.2 Å². The van der Waals surface area contributed by atoms with Gasteiger partial charge in [0.25, 0.3) is 5.91 Å². The van der Waals surface area contributed by atoms with Crippen molar-refractivity contribution < 1.29 is 13.2 Å². The van der Waals surface area contributed by atoms with Crippen molar-refractivity contribution in [2.24, 2.45) is 0 Å². The summed E-state index contributed by atoms with van der Waals surface area (Å²) < 4.78 is 28.8. The van der Waals surface area contributed by atoms with Gasteiger partial charge in [-0.05, 0) is 48.9 Å². The Labute approximate surface area is 210 Å². The van der Waals surface area contributed by atoms with Gasteiger partial charge in [0.1, 0.15) is 0 Å². The van der Waals surface area contributed by atoms with Crippen LogP contribution in [0.5, 0.6) is 0 Å². The zero-order chi connectivity index (χ0) is 25.0. The summed E-state index contributed by atoms with van der Waals surface area (Å²) in [5.74, 6) is -0.209. The number of aryl methyl sites for hydroxylation is 1. The van der Waals surface area contributed by atoms with Crippen LogP contribution in [-0.4, -0.2) is 34.8 Å². The molecule has 4 aromatic rings. The Morgan fingerprint density at radius 3 is 2.40 bits per heavy atom. The minimum atomic E-state index is -3.73. The molecule has 8 heteroatoms. The fourth-order valence-corrected chi connectivity index (χ4v) is 6.22. The van der Waals surface area contributed by atoms with E-state index in [1.54, 1.807) is 15.7 Å². The summed E-state index contributed by atoms with van der Waals surface area (Å²) in [6.45, 7) is 6.42. The van der Waals surface area contributed by atoms with Gasteiger partial charge in [-0.3, -0.25) is 4.79 Å². The van der Waals surface area contributed by atoms with E-state index in [1.165, 1.54) is 11.3 Å². The van der Waals surface area contributed by atoms with Gasteiger partial charge in [-0.1, -0.05) is 60.7 Å². The van der Waals surface area contributed by atoms with E-state index in [2.05, 4.69) is 4.98 Å². The van der Waals surface area contributed by atoms with E-state index in [1.807, 2.05) is 92.9 Å². The van der Waals surface area contributed by atoms with Gasteiger partial charge in [0.05, 0.1) is 35.6 Å². The number of carbonyl (C=O) groups excluding carboxylic acids is 1. The summed E-state index contributed by atoms with van der Waals surface area (Å²) in [6.07, 6.45) is 1.59. The predicted molar refractivity (Wildman–Crippen MR) is 139 cm³/mol. The van der Waals surface area contributed by atoms with Gasteiger partial charge in [0.2, 0.25) is 15.0 Å². The summed E-state index contributed by atoms with van der Waals surface area (Å²) in [7, 11) is -3.73. The highest BCUT2D eigenvalue weighted by Crippen LogP contribution is 2.23. The van der Waals surface area contributed by atoms with E-state index < -0.39 is 9.84 Å². The lowest BCUT2D eigenvalue weighted by Gasteiger charge is -2.27. The Morgan fingerprint density at radius 2 is 1.74 bits per heavy atom. The fraction of sp³-hybridized carbons (Fsp3) is 0.259. The third kappa shape index (κ3) is 5.71. The van der Waals surface area contributed by atoms with Gasteiger partial charge < -0.3 is 9.47 Å². The maximum Gasteiger partial charge on any atom is 0.264 e. The first-order chi connectivity index (χ1) is 16.8. The highest BCUT2D eigenvalue weighted by atomic mass is 32.2. The van der Waals surface area contributed by atoms with Gasteiger partial charge in [0, 0.05) is 6.04 Å². The van der Waals surface area contributed by atoms with Crippen LogP contribution in [0.15, 0.2) is 83.5 Å². The van der Waals surface area contributed by atoms with Crippen molar-refractivity contribution in [3.05, 3.63) is 106 Å². The van der Waals surface area contributed by atoms with E-state index in [0.717, 1.165) is 16.7 Å². The lowest BCUT2D eigenvalue weighted by molar-refractivity contribution is 0.0690. The van der Waals surface area contributed by atoms with Gasteiger partial charge in [-0.25, -0.2) is 13.4 Å². The summed E-state index contributed by atoms with van der Waals surface area (Å²) in [4.78, 5) is 20.0. The van der Waals surface area contributed by atoms with Crippen LogP contribution < -0.4 is 0 Å². The number of benzene rings is 2. The Kier molecular flexibility index (Phi) is 7.52. The van der Waals surface area contributed by atoms with Crippen molar-refractivity contribution in [3.8, 4) is 0 Å². The Hall–Kier alpha value is -3.23. The Balaban J connectivity index is 1.73. The molecule has 0 saturated heterocycles. The molecule has 0 atom stereocenters. The average molecular weight is 508 g/mol. The standard InChI is InChI=1S/C27H29N3O3S2/c1-20(2)29(26(31)25-14-9-15-34-25)18-24-16-28-27(30(24)17-22-11-5-4-6-12-22)35(32,33)19-23-13-8-7-10-21(23)3/h4-16,20H,17-19H2,1-3H3. The molecule has 0 fully saturated rings. The Morgan fingerprint density at radius 1 is 1.03 bits per heavy atom. The zero-order valence-electron chi connectivity index (χ0n) is 20.1. The first-order valence-corrected chi connectivity index (χ1v) is 14.0. The first kappa shape index (κ1) is 24.9. The van der Waals surface area contributed by atoms with Crippen LogP contribution in [0.4, 0.5) is 0 Å². The quantitative estimate of drug-likeness (QED) is 0.307. The van der Waals surface area contributed by atoms with Crippen LogP contribution in [0.1, 0.15) is 45.9 Å². The molecule has 1 amide bonds. The second kappa shape index (κ2) is 10.6. The molecule has 0 N–H and O–H groups in total. The lowest BCUT2D eigenvalue weighted by atomic mass is 10.1. The SMILES string of the molecule is Cc1ccccc1CS(=O)(=O)c1ncc(CN(C(=O)c2cccs2)C(C)C)n1Cc1ccccc1. The molecule has 0 saturated carbocycles. The van der Waals surface area contributed by atoms with Gasteiger partial charge >= 0.3 is 0 Å². The molecule has 0 aliphatic rings. The topological polar surface area (TPSA) is 72.3 Å². The third-order valence-corrected chi connectivity index (χ3v) is 8.35. The number of carbonyl (C=O) groups is 1. The first-order valence-electron chi connectivity index (χ1n) is 11.5. The number of aromatic nitrogens is 2. The average Bonchev–Trinajstić information content (AvgIpc) is 3.50. The number of sulfone groups is 1. The molecule has 0 radical (unpaired) electrons. The van der Waals surface area contributed by atoms with E-state index in [0.29, 0.717) is 17.1 Å².